The molecule has 0 spiro atoms. The van der Waals surface area contributed by atoms with Gasteiger partial charge in [0.25, 0.3) is 0 Å². The predicted octanol–water partition coefficient (Wildman–Crippen LogP) is 3.59. The quantitative estimate of drug-likeness (QED) is 0.644. The Morgan fingerprint density at radius 3 is 2.71 bits per heavy atom. The second kappa shape index (κ2) is 6.36. The molecule has 21 heavy (non-hydrogen) atoms. The molecule has 0 aliphatic heterocycles. The lowest BCUT2D eigenvalue weighted by Crippen LogP contribution is -2.14. The summed E-state index contributed by atoms with van der Waals surface area (Å²) in [4.78, 5) is 12.5. The smallest absolute Gasteiger partial charge is 0.306 e. The number of ether oxygens (including phenoxy) is 1. The van der Waals surface area contributed by atoms with Crippen LogP contribution in [-0.4, -0.2) is 18.8 Å². The molecular weight excluding hydrogens is 289 g/mol. The lowest BCUT2D eigenvalue weighted by Gasteiger charge is -2.17. The van der Waals surface area contributed by atoms with E-state index in [4.69, 9.17) is 10.5 Å². The Labute approximate surface area is 129 Å². The third kappa shape index (κ3) is 3.98. The van der Waals surface area contributed by atoms with Gasteiger partial charge >= 0.3 is 5.97 Å². The highest BCUT2D eigenvalue weighted by Gasteiger charge is 2.44. The van der Waals surface area contributed by atoms with E-state index >= 15 is 0 Å². The molecule has 1 fully saturated rings. The van der Waals surface area contributed by atoms with Crippen molar-refractivity contribution >= 4 is 17.7 Å². The summed E-state index contributed by atoms with van der Waals surface area (Å²) in [7, 11) is 1.42. The number of thioether (sulfide) groups is 1. The lowest BCUT2D eigenvalue weighted by molar-refractivity contribution is -0.141. The van der Waals surface area contributed by atoms with E-state index in [9.17, 15) is 9.18 Å². The fraction of sp³-hybridized carbons (Fsp3) is 0.562. The molecule has 5 heteroatoms. The second-order valence-electron chi connectivity index (χ2n) is 5.97. The Kier molecular flexibility index (Phi) is 4.94. The predicted molar refractivity (Wildman–Crippen MR) is 82.8 cm³/mol. The van der Waals surface area contributed by atoms with E-state index in [2.05, 4.69) is 0 Å². The van der Waals surface area contributed by atoms with Gasteiger partial charge in [0.1, 0.15) is 5.82 Å². The van der Waals surface area contributed by atoms with Crippen LogP contribution in [-0.2, 0) is 9.53 Å². The minimum Gasteiger partial charge on any atom is -0.469 e. The summed E-state index contributed by atoms with van der Waals surface area (Å²) >= 11 is 1.67. The number of hydrogen-bond donors (Lipinski definition) is 1. The molecule has 0 bridgehead atoms. The third-order valence-corrected chi connectivity index (χ3v) is 5.44. The van der Waals surface area contributed by atoms with E-state index in [1.807, 2.05) is 13.0 Å². The summed E-state index contributed by atoms with van der Waals surface area (Å²) in [6.07, 6.45) is 2.55. The monoisotopic (exact) mass is 311 g/mol. The summed E-state index contributed by atoms with van der Waals surface area (Å²) in [5, 5.41) is 0. The van der Waals surface area contributed by atoms with Crippen molar-refractivity contribution in [2.45, 2.75) is 44.0 Å². The molecule has 0 unspecified atom stereocenters. The Morgan fingerprint density at radius 1 is 1.52 bits per heavy atom. The highest BCUT2D eigenvalue weighted by molar-refractivity contribution is 7.99. The van der Waals surface area contributed by atoms with E-state index in [0.29, 0.717) is 12.0 Å². The van der Waals surface area contributed by atoms with Crippen molar-refractivity contribution in [2.75, 3.05) is 12.9 Å². The van der Waals surface area contributed by atoms with Gasteiger partial charge in [-0.15, -0.1) is 11.8 Å². The number of carbonyl (C=O) groups is 1. The van der Waals surface area contributed by atoms with Crippen molar-refractivity contribution in [2.24, 2.45) is 11.1 Å². The topological polar surface area (TPSA) is 52.3 Å². The molecule has 0 radical (unpaired) electrons. The molecule has 0 heterocycles. The first-order valence-electron chi connectivity index (χ1n) is 7.12. The van der Waals surface area contributed by atoms with E-state index in [0.717, 1.165) is 29.1 Å². The van der Waals surface area contributed by atoms with Gasteiger partial charge in [-0.25, -0.2) is 4.39 Å². The number of methoxy groups -OCH3 is 1. The van der Waals surface area contributed by atoms with Gasteiger partial charge in [0.15, 0.2) is 0 Å². The van der Waals surface area contributed by atoms with Gasteiger partial charge in [-0.3, -0.25) is 4.79 Å². The first-order chi connectivity index (χ1) is 9.87. The number of aryl methyl sites for hydroxylation is 1. The molecular formula is C16H22FNO2S. The number of esters is 1. The zero-order chi connectivity index (χ0) is 15.6. The van der Waals surface area contributed by atoms with Crippen LogP contribution in [0.1, 0.15) is 43.4 Å². The molecule has 1 aromatic rings. The van der Waals surface area contributed by atoms with Crippen molar-refractivity contribution in [3.8, 4) is 0 Å². The van der Waals surface area contributed by atoms with Crippen LogP contribution in [0.4, 0.5) is 4.39 Å². The maximum atomic E-state index is 13.7. The van der Waals surface area contributed by atoms with Crippen molar-refractivity contribution in [3.63, 3.8) is 0 Å². The average Bonchev–Trinajstić information content (AvgIpc) is 3.19. The maximum Gasteiger partial charge on any atom is 0.306 e. The molecule has 3 nitrogen and oxygen atoms in total. The summed E-state index contributed by atoms with van der Waals surface area (Å²) in [5.74, 6) is 0.463. The lowest BCUT2D eigenvalue weighted by atomic mass is 10.1. The van der Waals surface area contributed by atoms with Crippen LogP contribution in [0.3, 0.4) is 0 Å². The summed E-state index contributed by atoms with van der Waals surface area (Å²) in [6.45, 7) is 3.61. The molecule has 1 aliphatic carbocycles. The largest absolute Gasteiger partial charge is 0.469 e. The van der Waals surface area contributed by atoms with Gasteiger partial charge < -0.3 is 10.5 Å². The second-order valence-corrected chi connectivity index (χ2v) is 6.99. The van der Waals surface area contributed by atoms with E-state index in [-0.39, 0.29) is 23.2 Å². The molecule has 2 N–H and O–H groups in total. The van der Waals surface area contributed by atoms with Crippen LogP contribution < -0.4 is 5.73 Å². The summed E-state index contributed by atoms with van der Waals surface area (Å²) in [6, 6.07) is 3.17. The van der Waals surface area contributed by atoms with Gasteiger partial charge in [0, 0.05) is 16.7 Å². The Balaban J connectivity index is 2.09. The first-order valence-corrected chi connectivity index (χ1v) is 8.11. The SMILES string of the molecule is COC(=O)CC1(CSc2cc(C)c(F)cc2[C@H](C)N)CC1. The average molecular weight is 311 g/mol. The standard InChI is InChI=1S/C16H22FNO2S/c1-10-6-14(12(11(2)18)7-13(10)17)21-9-16(4-5-16)8-15(19)20-3/h6-7,11H,4-5,8-9,18H2,1-3H3/t11-/m0/s1. The highest BCUT2D eigenvalue weighted by atomic mass is 32.2. The zero-order valence-electron chi connectivity index (χ0n) is 12.7. The molecule has 0 aromatic heterocycles. The summed E-state index contributed by atoms with van der Waals surface area (Å²) < 4.78 is 18.5. The number of rotatable bonds is 6. The Hall–Kier alpha value is -1.07. The van der Waals surface area contributed by atoms with Crippen LogP contribution in [0.2, 0.25) is 0 Å². The number of carbonyl (C=O) groups excluding carboxylic acids is 1. The molecule has 0 saturated heterocycles. The van der Waals surface area contributed by atoms with E-state index in [1.165, 1.54) is 13.2 Å². The fourth-order valence-electron chi connectivity index (χ4n) is 2.31. The summed E-state index contributed by atoms with van der Waals surface area (Å²) in [5.41, 5.74) is 7.44. The molecule has 1 atom stereocenters. The third-order valence-electron chi connectivity index (χ3n) is 4.02. The number of nitrogens with two attached hydrogens (primary N) is 1. The van der Waals surface area contributed by atoms with Gasteiger partial charge in [-0.2, -0.15) is 0 Å². The van der Waals surface area contributed by atoms with Crippen LogP contribution in [0.5, 0.6) is 0 Å². The fourth-order valence-corrected chi connectivity index (χ4v) is 3.83. The van der Waals surface area contributed by atoms with Crippen LogP contribution in [0, 0.1) is 18.2 Å². The molecule has 116 valence electrons. The molecule has 1 saturated carbocycles. The van der Waals surface area contributed by atoms with Gasteiger partial charge in [-0.05, 0) is 55.4 Å². The normalized spacial score (nSPS) is 17.4. The van der Waals surface area contributed by atoms with Crippen molar-refractivity contribution in [1.82, 2.24) is 0 Å². The Bertz CT molecular complexity index is 541. The molecule has 2 rings (SSSR count). The zero-order valence-corrected chi connectivity index (χ0v) is 13.6. The van der Waals surface area contributed by atoms with Crippen LogP contribution >= 0.6 is 11.8 Å². The maximum absolute atomic E-state index is 13.7. The van der Waals surface area contributed by atoms with Gasteiger partial charge in [-0.1, -0.05) is 0 Å². The van der Waals surface area contributed by atoms with Gasteiger partial charge in [0.05, 0.1) is 13.5 Å². The van der Waals surface area contributed by atoms with Crippen molar-refractivity contribution < 1.29 is 13.9 Å². The first kappa shape index (κ1) is 16.3. The highest BCUT2D eigenvalue weighted by Crippen LogP contribution is 2.52. The minimum absolute atomic E-state index is 0.0508. The number of benzene rings is 1. The molecule has 1 aliphatic rings. The van der Waals surface area contributed by atoms with E-state index in [1.54, 1.807) is 18.7 Å². The van der Waals surface area contributed by atoms with Crippen LogP contribution in [0.15, 0.2) is 17.0 Å². The number of halogens is 1. The van der Waals surface area contributed by atoms with E-state index < -0.39 is 0 Å². The van der Waals surface area contributed by atoms with Crippen molar-refractivity contribution in [1.29, 1.82) is 0 Å². The van der Waals surface area contributed by atoms with Crippen molar-refractivity contribution in [3.05, 3.63) is 29.1 Å². The van der Waals surface area contributed by atoms with Gasteiger partial charge in [0.2, 0.25) is 0 Å². The van der Waals surface area contributed by atoms with Crippen LogP contribution in [0.25, 0.3) is 0 Å². The minimum atomic E-state index is -0.220. The molecule has 1 aromatic carbocycles. The molecule has 0 amide bonds. The number of hydrogen-bond acceptors (Lipinski definition) is 4. The Morgan fingerprint density at radius 2 is 2.19 bits per heavy atom.